The van der Waals surface area contributed by atoms with Crippen molar-refractivity contribution in [2.24, 2.45) is 23.2 Å². The van der Waals surface area contributed by atoms with Gasteiger partial charge in [-0.2, -0.15) is 5.10 Å². The lowest BCUT2D eigenvalue weighted by Gasteiger charge is -2.43. The van der Waals surface area contributed by atoms with E-state index in [-0.39, 0.29) is 47.8 Å². The largest absolute Gasteiger partial charge is 0.481 e. The lowest BCUT2D eigenvalue weighted by Crippen LogP contribution is -2.54. The van der Waals surface area contributed by atoms with Gasteiger partial charge in [-0.1, -0.05) is 23.4 Å². The highest BCUT2D eigenvalue weighted by atomic mass is 19.1. The van der Waals surface area contributed by atoms with Crippen LogP contribution in [-0.4, -0.2) is 42.0 Å². The first-order chi connectivity index (χ1) is 17.5. The van der Waals surface area contributed by atoms with Gasteiger partial charge in [0.05, 0.1) is 23.9 Å². The van der Waals surface area contributed by atoms with Crippen molar-refractivity contribution >= 4 is 11.8 Å². The van der Waals surface area contributed by atoms with E-state index in [9.17, 15) is 18.7 Å². The fourth-order valence-electron chi connectivity index (χ4n) is 6.57. The number of benzene rings is 1. The van der Waals surface area contributed by atoms with Crippen LogP contribution in [0.5, 0.6) is 0 Å². The van der Waals surface area contributed by atoms with Gasteiger partial charge in [-0.05, 0) is 42.7 Å². The Morgan fingerprint density at radius 2 is 2.06 bits per heavy atom. The molecule has 1 aromatic carbocycles. The van der Waals surface area contributed by atoms with Gasteiger partial charge < -0.3 is 14.9 Å². The molecule has 0 radical (unpaired) electrons. The molecule has 0 aliphatic heterocycles. The Labute approximate surface area is 203 Å². The maximum Gasteiger partial charge on any atom is 0.312 e. The van der Waals surface area contributed by atoms with Gasteiger partial charge in [0.25, 0.3) is 0 Å². The molecule has 4 aromatic rings. The summed E-state index contributed by atoms with van der Waals surface area (Å²) >= 11 is 0. The van der Waals surface area contributed by atoms with Crippen LogP contribution in [0.2, 0.25) is 0 Å². The summed E-state index contributed by atoms with van der Waals surface area (Å²) < 4.78 is 35.6. The van der Waals surface area contributed by atoms with Gasteiger partial charge in [0, 0.05) is 17.7 Å². The lowest BCUT2D eigenvalue weighted by atomic mass is 9.66. The van der Waals surface area contributed by atoms with Crippen LogP contribution in [0.1, 0.15) is 18.4 Å². The molecule has 3 aliphatic carbocycles. The molecule has 3 saturated carbocycles. The standard InChI is InChI=1S/C25H20F2N6O3/c26-15-4-2-1-3-12(15)11-33-19(17-7-8-36-32-17)9-18(31-33)23-28-10-16(27)22(30-23)29-21-13-5-6-14-20(13)25(14,21)24(34)35/h1-4,7-10,13-14,20-21H,5-6,11H2,(H,34,35)(H,28,29,30)/t13-,14+,20?,21-,25+/m1/s1. The molecule has 3 fully saturated rings. The summed E-state index contributed by atoms with van der Waals surface area (Å²) in [7, 11) is 0. The zero-order valence-corrected chi connectivity index (χ0v) is 18.8. The summed E-state index contributed by atoms with van der Waals surface area (Å²) in [5, 5.41) is 21.5. The number of carbonyl (C=O) groups is 1. The fourth-order valence-corrected chi connectivity index (χ4v) is 6.57. The van der Waals surface area contributed by atoms with Crippen molar-refractivity contribution in [2.45, 2.75) is 25.4 Å². The van der Waals surface area contributed by atoms with Gasteiger partial charge >= 0.3 is 5.97 Å². The van der Waals surface area contributed by atoms with Crippen LogP contribution in [0.4, 0.5) is 14.6 Å². The number of fused-ring (bicyclic) bond motifs is 1. The number of rotatable bonds is 7. The predicted molar refractivity (Wildman–Crippen MR) is 121 cm³/mol. The normalized spacial score (nSPS) is 27.4. The Kier molecular flexibility index (Phi) is 4.36. The molecule has 0 saturated heterocycles. The summed E-state index contributed by atoms with van der Waals surface area (Å²) in [6.45, 7) is 0.120. The average Bonchev–Trinajstić information content (AvgIpc) is 3.38. The molecular formula is C25H20F2N6O3. The molecule has 5 atom stereocenters. The molecule has 3 heterocycles. The quantitative estimate of drug-likeness (QED) is 0.401. The number of nitrogens with zero attached hydrogens (tertiary/aromatic N) is 5. The molecule has 2 N–H and O–H groups in total. The van der Waals surface area contributed by atoms with Gasteiger partial charge in [0.2, 0.25) is 0 Å². The van der Waals surface area contributed by atoms with Crippen LogP contribution < -0.4 is 5.32 Å². The van der Waals surface area contributed by atoms with Crippen LogP contribution in [0, 0.1) is 34.8 Å². The molecule has 1 unspecified atom stereocenters. The van der Waals surface area contributed by atoms with E-state index in [4.69, 9.17) is 4.52 Å². The maximum atomic E-state index is 14.7. The zero-order chi connectivity index (χ0) is 24.6. The number of hydrogen-bond acceptors (Lipinski definition) is 7. The van der Waals surface area contributed by atoms with E-state index in [0.717, 1.165) is 19.0 Å². The zero-order valence-electron chi connectivity index (χ0n) is 18.8. The maximum absolute atomic E-state index is 14.7. The Bertz CT molecular complexity index is 1500. The van der Waals surface area contributed by atoms with Crippen molar-refractivity contribution < 1.29 is 23.2 Å². The van der Waals surface area contributed by atoms with Crippen molar-refractivity contribution in [1.82, 2.24) is 24.9 Å². The second-order valence-electron chi connectivity index (χ2n) is 9.67. The summed E-state index contributed by atoms with van der Waals surface area (Å²) in [6, 6.07) is 9.35. The number of aromatic nitrogens is 5. The first-order valence-electron chi connectivity index (χ1n) is 11.7. The highest BCUT2D eigenvalue weighted by molar-refractivity contribution is 5.85. The van der Waals surface area contributed by atoms with E-state index in [1.807, 2.05) is 0 Å². The Morgan fingerprint density at radius 1 is 1.19 bits per heavy atom. The Morgan fingerprint density at radius 3 is 2.81 bits per heavy atom. The minimum atomic E-state index is -0.829. The first kappa shape index (κ1) is 21.2. The molecule has 11 heteroatoms. The highest BCUT2D eigenvalue weighted by Gasteiger charge is 2.87. The minimum Gasteiger partial charge on any atom is -0.481 e. The van der Waals surface area contributed by atoms with Crippen molar-refractivity contribution in [3.8, 4) is 22.9 Å². The summed E-state index contributed by atoms with van der Waals surface area (Å²) in [4.78, 5) is 20.5. The first-order valence-corrected chi connectivity index (χ1v) is 11.7. The molecule has 0 bridgehead atoms. The summed E-state index contributed by atoms with van der Waals surface area (Å²) in [5.74, 6) is -1.22. The summed E-state index contributed by atoms with van der Waals surface area (Å²) in [6.07, 6.45) is 4.30. The van der Waals surface area contributed by atoms with Crippen molar-refractivity contribution in [1.29, 1.82) is 0 Å². The molecule has 0 amide bonds. The van der Waals surface area contributed by atoms with Crippen LogP contribution in [0.15, 0.2) is 53.4 Å². The van der Waals surface area contributed by atoms with Gasteiger partial charge in [-0.3, -0.25) is 9.48 Å². The molecule has 7 rings (SSSR count). The number of halogens is 2. The SMILES string of the molecule is O=C(O)[C@]12C3[C@@H](CC[C@@H]31)[C@H]2Nc1nc(-c2cc(-c3ccon3)n(Cc3ccccc3F)n2)ncc1F. The van der Waals surface area contributed by atoms with E-state index >= 15 is 0 Å². The molecule has 3 aliphatic rings. The van der Waals surface area contributed by atoms with E-state index < -0.39 is 17.2 Å². The predicted octanol–water partition coefficient (Wildman–Crippen LogP) is 3.84. The van der Waals surface area contributed by atoms with Gasteiger partial charge in [-0.25, -0.2) is 18.7 Å². The third kappa shape index (κ3) is 2.82. The number of carboxylic acid groups (broad SMARTS) is 1. The van der Waals surface area contributed by atoms with Gasteiger partial charge in [0.1, 0.15) is 23.5 Å². The van der Waals surface area contributed by atoms with E-state index in [0.29, 0.717) is 22.6 Å². The van der Waals surface area contributed by atoms with Crippen molar-refractivity contribution in [3.63, 3.8) is 0 Å². The Balaban J connectivity index is 1.23. The molecule has 182 valence electrons. The fraction of sp³-hybridized carbons (Fsp3) is 0.320. The van der Waals surface area contributed by atoms with Gasteiger partial charge in [0.15, 0.2) is 17.5 Å². The third-order valence-electron chi connectivity index (χ3n) is 8.10. The van der Waals surface area contributed by atoms with E-state index in [1.54, 1.807) is 35.0 Å². The molecule has 9 nitrogen and oxygen atoms in total. The van der Waals surface area contributed by atoms with Crippen molar-refractivity contribution in [3.05, 3.63) is 66.1 Å². The van der Waals surface area contributed by atoms with Crippen LogP contribution >= 0.6 is 0 Å². The number of nitrogens with one attached hydrogen (secondary N) is 1. The molecular weight excluding hydrogens is 470 g/mol. The van der Waals surface area contributed by atoms with Crippen LogP contribution in [-0.2, 0) is 11.3 Å². The number of anilines is 1. The van der Waals surface area contributed by atoms with Crippen LogP contribution in [0.25, 0.3) is 22.9 Å². The second kappa shape index (κ2) is 7.42. The average molecular weight is 490 g/mol. The molecule has 36 heavy (non-hydrogen) atoms. The van der Waals surface area contributed by atoms with E-state index in [2.05, 4.69) is 25.5 Å². The van der Waals surface area contributed by atoms with Gasteiger partial charge in [-0.15, -0.1) is 0 Å². The molecule has 0 spiro atoms. The second-order valence-corrected chi connectivity index (χ2v) is 9.67. The lowest BCUT2D eigenvalue weighted by molar-refractivity contribution is -0.150. The highest BCUT2D eigenvalue weighted by Crippen LogP contribution is 2.81. The Hall–Kier alpha value is -4.15. The van der Waals surface area contributed by atoms with Crippen molar-refractivity contribution in [2.75, 3.05) is 5.32 Å². The van der Waals surface area contributed by atoms with E-state index in [1.165, 1.54) is 12.3 Å². The third-order valence-corrected chi connectivity index (χ3v) is 8.10. The van der Waals surface area contributed by atoms with Crippen LogP contribution in [0.3, 0.4) is 0 Å². The number of hydrogen-bond donors (Lipinski definition) is 2. The topological polar surface area (TPSA) is 119 Å². The number of aliphatic carboxylic acids is 1. The minimum absolute atomic E-state index is 0.0479. The smallest absolute Gasteiger partial charge is 0.312 e. The molecule has 3 aromatic heterocycles. The number of carboxylic acids is 1. The summed E-state index contributed by atoms with van der Waals surface area (Å²) in [5.41, 5.74) is 0.977. The monoisotopic (exact) mass is 490 g/mol.